The Morgan fingerprint density at radius 2 is 1.73 bits per heavy atom. The van der Waals surface area contributed by atoms with Crippen LogP contribution in [0.2, 0.25) is 10.0 Å². The summed E-state index contributed by atoms with van der Waals surface area (Å²) in [6.45, 7) is 7.21. The number of nitrogens with zero attached hydrogens (tertiary/aromatic N) is 2. The number of fused-ring (bicyclic) bond motifs is 2. The predicted molar refractivity (Wildman–Crippen MR) is 143 cm³/mol. The van der Waals surface area contributed by atoms with E-state index >= 15 is 0 Å². The highest BCUT2D eigenvalue weighted by Crippen LogP contribution is 2.40. The number of hydrogen-bond donors (Lipinski definition) is 2. The van der Waals surface area contributed by atoms with Gasteiger partial charge in [-0.2, -0.15) is 0 Å². The second-order valence-corrected chi connectivity index (χ2v) is 11.5. The average molecular weight is 550 g/mol. The number of nitrogens with one attached hydrogen (secondary N) is 1. The van der Waals surface area contributed by atoms with Crippen molar-refractivity contribution in [2.75, 3.05) is 12.0 Å². The molecule has 2 atom stereocenters. The van der Waals surface area contributed by atoms with Crippen LogP contribution in [0, 0.1) is 0 Å². The number of benzene rings is 1. The van der Waals surface area contributed by atoms with E-state index in [9.17, 15) is 9.59 Å². The van der Waals surface area contributed by atoms with Gasteiger partial charge in [0.2, 0.25) is 0 Å². The van der Waals surface area contributed by atoms with Crippen molar-refractivity contribution in [3.63, 3.8) is 0 Å². The monoisotopic (exact) mass is 549 g/mol. The van der Waals surface area contributed by atoms with Crippen LogP contribution in [0.3, 0.4) is 0 Å². The standard InChI is InChI=1S/C27H33Cl2N3O5/c1-26(2,36-5)19-12-22(21(29)13-20(19)28)37-27(3,4)25(35)31-16-10-17-7-8-18(11-16)32(17)23-9-6-15(14-30-23)24(33)34/h6,9,12-14,16-18H,7-8,10-11H2,1-5H3,(H,31,35)(H,33,34). The van der Waals surface area contributed by atoms with Crippen LogP contribution in [0.5, 0.6) is 5.75 Å². The Morgan fingerprint density at radius 3 is 2.27 bits per heavy atom. The van der Waals surface area contributed by atoms with Gasteiger partial charge in [0.25, 0.3) is 5.91 Å². The number of carbonyl (C=O) groups is 2. The average Bonchev–Trinajstić information content (AvgIpc) is 3.10. The Balaban J connectivity index is 1.43. The first-order chi connectivity index (χ1) is 17.3. The highest BCUT2D eigenvalue weighted by Gasteiger charge is 2.43. The van der Waals surface area contributed by atoms with Crippen molar-refractivity contribution >= 4 is 40.9 Å². The molecule has 2 fully saturated rings. The van der Waals surface area contributed by atoms with Gasteiger partial charge in [-0.15, -0.1) is 0 Å². The number of carboxylic acids is 1. The normalized spacial score (nSPS) is 21.6. The van der Waals surface area contributed by atoms with E-state index in [1.165, 1.54) is 6.20 Å². The van der Waals surface area contributed by atoms with Crippen LogP contribution in [0.15, 0.2) is 30.5 Å². The lowest BCUT2D eigenvalue weighted by molar-refractivity contribution is -0.135. The molecule has 0 radical (unpaired) electrons. The number of aromatic carboxylic acids is 1. The van der Waals surface area contributed by atoms with Crippen molar-refractivity contribution in [1.29, 1.82) is 0 Å². The Kier molecular flexibility index (Phi) is 7.66. The van der Waals surface area contributed by atoms with Crippen molar-refractivity contribution < 1.29 is 24.2 Å². The van der Waals surface area contributed by atoms with Gasteiger partial charge in [0.15, 0.2) is 5.60 Å². The summed E-state index contributed by atoms with van der Waals surface area (Å²) in [7, 11) is 1.60. The highest BCUT2D eigenvalue weighted by atomic mass is 35.5. The number of amides is 1. The van der Waals surface area contributed by atoms with Gasteiger partial charge < -0.3 is 24.8 Å². The smallest absolute Gasteiger partial charge is 0.337 e. The molecule has 200 valence electrons. The third-order valence-corrected chi connectivity index (χ3v) is 8.03. The first-order valence-electron chi connectivity index (χ1n) is 12.3. The van der Waals surface area contributed by atoms with Crippen LogP contribution in [0.1, 0.15) is 69.3 Å². The minimum atomic E-state index is -1.18. The maximum atomic E-state index is 13.3. The summed E-state index contributed by atoms with van der Waals surface area (Å²) in [5, 5.41) is 13.1. The molecule has 10 heteroatoms. The Morgan fingerprint density at radius 1 is 1.08 bits per heavy atom. The van der Waals surface area contributed by atoms with Crippen molar-refractivity contribution in [1.82, 2.24) is 10.3 Å². The van der Waals surface area contributed by atoms with Crippen LogP contribution >= 0.6 is 23.2 Å². The third kappa shape index (κ3) is 5.66. The molecule has 0 saturated carbocycles. The molecule has 2 unspecified atom stereocenters. The summed E-state index contributed by atoms with van der Waals surface area (Å²) < 4.78 is 11.7. The summed E-state index contributed by atoms with van der Waals surface area (Å²) in [4.78, 5) is 31.1. The van der Waals surface area contributed by atoms with Gasteiger partial charge in [-0.1, -0.05) is 23.2 Å². The number of carboxylic acid groups (broad SMARTS) is 1. The molecule has 4 rings (SSSR count). The maximum absolute atomic E-state index is 13.3. The van der Waals surface area contributed by atoms with Crippen molar-refractivity contribution in [2.45, 2.75) is 82.7 Å². The molecule has 2 N–H and O–H groups in total. The second-order valence-electron chi connectivity index (χ2n) is 10.7. The highest BCUT2D eigenvalue weighted by molar-refractivity contribution is 6.36. The Labute approximate surface area is 227 Å². The van der Waals surface area contributed by atoms with Crippen molar-refractivity contribution in [2.24, 2.45) is 0 Å². The molecular formula is C27H33Cl2N3O5. The number of anilines is 1. The van der Waals surface area contributed by atoms with E-state index in [-0.39, 0.29) is 29.6 Å². The number of piperidine rings is 1. The molecule has 2 saturated heterocycles. The van der Waals surface area contributed by atoms with Gasteiger partial charge in [-0.25, -0.2) is 9.78 Å². The molecule has 3 heterocycles. The zero-order valence-electron chi connectivity index (χ0n) is 21.7. The van der Waals surface area contributed by atoms with Gasteiger partial charge >= 0.3 is 5.97 Å². The molecule has 2 aromatic rings. The van der Waals surface area contributed by atoms with Crippen LogP contribution in [0.4, 0.5) is 5.82 Å². The molecule has 1 aromatic heterocycles. The fourth-order valence-corrected chi connectivity index (χ4v) is 5.84. The van der Waals surface area contributed by atoms with Crippen molar-refractivity contribution in [3.05, 3.63) is 51.6 Å². The molecule has 2 bridgehead atoms. The lowest BCUT2D eigenvalue weighted by Gasteiger charge is -2.41. The molecule has 2 aliphatic rings. The molecule has 8 nitrogen and oxygen atoms in total. The number of carbonyl (C=O) groups excluding carboxylic acids is 1. The summed E-state index contributed by atoms with van der Waals surface area (Å²) in [5.74, 6) is -0.0881. The fourth-order valence-electron chi connectivity index (χ4n) is 5.19. The minimum Gasteiger partial charge on any atom is -0.478 e. The summed E-state index contributed by atoms with van der Waals surface area (Å²) >= 11 is 12.8. The number of pyridine rings is 1. The van der Waals surface area contributed by atoms with E-state index in [4.69, 9.17) is 37.8 Å². The van der Waals surface area contributed by atoms with Crippen molar-refractivity contribution in [3.8, 4) is 5.75 Å². The summed E-state index contributed by atoms with van der Waals surface area (Å²) in [6.07, 6.45) is 4.94. The second kappa shape index (κ2) is 10.3. The lowest BCUT2D eigenvalue weighted by atomic mass is 9.95. The number of hydrogen-bond acceptors (Lipinski definition) is 6. The molecular weight excluding hydrogens is 517 g/mol. The molecule has 1 aromatic carbocycles. The topological polar surface area (TPSA) is 101 Å². The zero-order chi connectivity index (χ0) is 27.1. The molecule has 0 spiro atoms. The Hall–Kier alpha value is -2.55. The number of methoxy groups -OCH3 is 1. The largest absolute Gasteiger partial charge is 0.478 e. The number of rotatable bonds is 8. The summed E-state index contributed by atoms with van der Waals surface area (Å²) in [5.41, 5.74) is -0.973. The number of aromatic nitrogens is 1. The van der Waals surface area contributed by atoms with Gasteiger partial charge in [0, 0.05) is 42.0 Å². The van der Waals surface area contributed by atoms with E-state index in [2.05, 4.69) is 15.2 Å². The van der Waals surface area contributed by atoms with Gasteiger partial charge in [-0.05, 0) is 77.6 Å². The van der Waals surface area contributed by atoms with E-state index in [1.807, 2.05) is 13.8 Å². The fraction of sp³-hybridized carbons (Fsp3) is 0.519. The predicted octanol–water partition coefficient (Wildman–Crippen LogP) is 5.44. The first-order valence-corrected chi connectivity index (χ1v) is 13.1. The molecule has 37 heavy (non-hydrogen) atoms. The molecule has 1 amide bonds. The lowest BCUT2D eigenvalue weighted by Crippen LogP contribution is -2.55. The van der Waals surface area contributed by atoms with Crippen LogP contribution in [0.25, 0.3) is 0 Å². The SMILES string of the molecule is COC(C)(C)c1cc(OC(C)(C)C(=O)NC2CC3CCC(C2)N3c2ccc(C(=O)O)cn2)c(Cl)cc1Cl. The molecule has 0 aliphatic carbocycles. The van der Waals surface area contributed by atoms with Gasteiger partial charge in [0.1, 0.15) is 11.6 Å². The van der Waals surface area contributed by atoms with E-state index < -0.39 is 17.2 Å². The summed E-state index contributed by atoms with van der Waals surface area (Å²) in [6, 6.07) is 7.11. The Bertz CT molecular complexity index is 1170. The molecule has 2 aliphatic heterocycles. The van der Waals surface area contributed by atoms with Crippen LogP contribution < -0.4 is 15.0 Å². The first kappa shape index (κ1) is 27.5. The van der Waals surface area contributed by atoms with E-state index in [0.29, 0.717) is 21.4 Å². The van der Waals surface area contributed by atoms with E-state index in [0.717, 1.165) is 31.5 Å². The van der Waals surface area contributed by atoms with E-state index in [1.54, 1.807) is 45.2 Å². The van der Waals surface area contributed by atoms with Gasteiger partial charge in [0.05, 0.1) is 16.2 Å². The number of ether oxygens (including phenoxy) is 2. The maximum Gasteiger partial charge on any atom is 0.337 e. The zero-order valence-corrected chi connectivity index (χ0v) is 23.2. The quantitative estimate of drug-likeness (QED) is 0.451. The third-order valence-electron chi connectivity index (χ3n) is 7.42. The number of halogens is 2. The van der Waals surface area contributed by atoms with Gasteiger partial charge in [-0.3, -0.25) is 4.79 Å². The van der Waals surface area contributed by atoms with Crippen LogP contribution in [-0.2, 0) is 15.1 Å². The minimum absolute atomic E-state index is 0.00825. The van der Waals surface area contributed by atoms with Crippen LogP contribution in [-0.4, -0.2) is 52.8 Å².